The van der Waals surface area contributed by atoms with Crippen LogP contribution in [0.15, 0.2) is 59.3 Å². The Morgan fingerprint density at radius 1 is 1.22 bits per heavy atom. The summed E-state index contributed by atoms with van der Waals surface area (Å²) < 4.78 is 32.0. The normalized spacial score (nSPS) is 14.3. The van der Waals surface area contributed by atoms with Crippen molar-refractivity contribution in [2.24, 2.45) is 0 Å². The maximum Gasteiger partial charge on any atom is 0.281 e. The first kappa shape index (κ1) is 26.3. The van der Waals surface area contributed by atoms with Gasteiger partial charge in [-0.3, -0.25) is 9.69 Å². The van der Waals surface area contributed by atoms with Gasteiger partial charge in [-0.1, -0.05) is 24.3 Å². The minimum absolute atomic E-state index is 0.232. The molecule has 1 amide bonds. The molecule has 1 saturated heterocycles. The van der Waals surface area contributed by atoms with Crippen LogP contribution in [0.5, 0.6) is 5.75 Å². The smallest absolute Gasteiger partial charge is 0.281 e. The molecule has 0 radical (unpaired) electrons. The van der Waals surface area contributed by atoms with Crippen molar-refractivity contribution in [3.8, 4) is 11.8 Å². The van der Waals surface area contributed by atoms with Gasteiger partial charge < -0.3 is 10.1 Å². The molecule has 1 N–H and O–H groups in total. The molecule has 2 heterocycles. The van der Waals surface area contributed by atoms with Gasteiger partial charge in [-0.05, 0) is 73.1 Å². The van der Waals surface area contributed by atoms with Gasteiger partial charge in [0.25, 0.3) is 12.3 Å². The van der Waals surface area contributed by atoms with Crippen molar-refractivity contribution in [2.75, 3.05) is 12.0 Å². The fourth-order valence-corrected chi connectivity index (χ4v) is 5.23. The van der Waals surface area contributed by atoms with Crippen molar-refractivity contribution < 1.29 is 18.3 Å². The molecule has 4 rings (SSSR count). The Morgan fingerprint density at radius 3 is 2.65 bits per heavy atom. The maximum atomic E-state index is 13.3. The number of hydrogen-bond donors (Lipinski definition) is 1. The minimum atomic E-state index is -2.74. The Labute approximate surface area is 223 Å². The molecule has 6 nitrogen and oxygen atoms in total. The molecule has 0 atom stereocenters. The lowest BCUT2D eigenvalue weighted by Gasteiger charge is -2.16. The number of aryl methyl sites for hydroxylation is 2. The van der Waals surface area contributed by atoms with Crippen molar-refractivity contribution >= 4 is 46.8 Å². The van der Waals surface area contributed by atoms with Crippen molar-refractivity contribution in [1.29, 1.82) is 5.26 Å². The minimum Gasteiger partial charge on any atom is -0.496 e. The van der Waals surface area contributed by atoms with E-state index in [1.165, 1.54) is 29.8 Å². The highest BCUT2D eigenvalue weighted by molar-refractivity contribution is 7.98. The number of methoxy groups -OCH3 is 1. The second-order valence-electron chi connectivity index (χ2n) is 8.23. The quantitative estimate of drug-likeness (QED) is 0.223. The van der Waals surface area contributed by atoms with Gasteiger partial charge in [-0.2, -0.15) is 5.26 Å². The van der Waals surface area contributed by atoms with Crippen LogP contribution >= 0.6 is 24.0 Å². The number of amides is 1. The second-order valence-corrected chi connectivity index (χ2v) is 9.58. The van der Waals surface area contributed by atoms with Crippen molar-refractivity contribution in [2.45, 2.75) is 31.1 Å². The first-order valence-corrected chi connectivity index (χ1v) is 12.5. The number of nitrogens with zero attached hydrogens (tertiary/aromatic N) is 3. The Balaban J connectivity index is 1.62. The van der Waals surface area contributed by atoms with E-state index in [2.05, 4.69) is 16.4 Å². The largest absolute Gasteiger partial charge is 0.496 e. The number of nitrogens with one attached hydrogen (secondary N) is 1. The standard InChI is InChI=1S/C27H22F2N4O2S2/c1-15-6-4-5-7-22(15)33-26(34)21(32-27(33)36)12-17-8-9-23(35-3)18(11-17)14-37-25-19(13-30)16(2)10-20(31-25)24(28)29/h4-12,24H,14H2,1-3H3,(H,32,36)/b21-12-. The van der Waals surface area contributed by atoms with Gasteiger partial charge in [0.2, 0.25) is 0 Å². The van der Waals surface area contributed by atoms with Crippen molar-refractivity contribution in [1.82, 2.24) is 10.3 Å². The lowest BCUT2D eigenvalue weighted by molar-refractivity contribution is -0.113. The third kappa shape index (κ3) is 5.48. The van der Waals surface area contributed by atoms with Crippen LogP contribution in [0.1, 0.15) is 39.9 Å². The molecular formula is C27H22F2N4O2S2. The number of pyridine rings is 1. The van der Waals surface area contributed by atoms with Crippen LogP contribution < -0.4 is 15.0 Å². The van der Waals surface area contributed by atoms with E-state index in [1.54, 1.807) is 25.1 Å². The van der Waals surface area contributed by atoms with E-state index >= 15 is 0 Å². The maximum absolute atomic E-state index is 13.3. The SMILES string of the molecule is COc1ccc(/C=C2\NC(=S)N(c3ccccc3C)C2=O)cc1CSc1nc(C(F)F)cc(C)c1C#N. The lowest BCUT2D eigenvalue weighted by atomic mass is 10.1. The number of carbonyl (C=O) groups is 1. The van der Waals surface area contributed by atoms with Gasteiger partial charge >= 0.3 is 0 Å². The summed E-state index contributed by atoms with van der Waals surface area (Å²) in [6, 6.07) is 16.2. The van der Waals surface area contributed by atoms with E-state index < -0.39 is 6.43 Å². The lowest BCUT2D eigenvalue weighted by Crippen LogP contribution is -2.30. The summed E-state index contributed by atoms with van der Waals surface area (Å²) in [5.41, 5.74) is 3.75. The van der Waals surface area contributed by atoms with E-state index in [0.29, 0.717) is 39.1 Å². The second kappa shape index (κ2) is 11.1. The Bertz CT molecular complexity index is 1470. The monoisotopic (exact) mass is 536 g/mol. The molecule has 0 spiro atoms. The van der Waals surface area contributed by atoms with Crippen LogP contribution in [-0.2, 0) is 10.5 Å². The Hall–Kier alpha value is -3.81. The fraction of sp³-hybridized carbons (Fsp3) is 0.185. The summed E-state index contributed by atoms with van der Waals surface area (Å²) in [6.07, 6.45) is -1.04. The van der Waals surface area contributed by atoms with Gasteiger partial charge in [0.15, 0.2) is 5.11 Å². The molecule has 1 aromatic heterocycles. The molecule has 0 saturated carbocycles. The van der Waals surface area contributed by atoms with Gasteiger partial charge in [0.1, 0.15) is 28.2 Å². The number of thiocarbonyl (C=S) groups is 1. The number of anilines is 1. The molecule has 1 aliphatic rings. The molecule has 37 heavy (non-hydrogen) atoms. The number of benzene rings is 2. The van der Waals surface area contributed by atoms with E-state index in [9.17, 15) is 18.8 Å². The summed E-state index contributed by atoms with van der Waals surface area (Å²) in [7, 11) is 1.53. The van der Waals surface area contributed by atoms with E-state index in [0.717, 1.165) is 11.1 Å². The number of halogens is 2. The zero-order chi connectivity index (χ0) is 26.7. The Morgan fingerprint density at radius 2 is 1.97 bits per heavy atom. The number of nitriles is 1. The fourth-order valence-electron chi connectivity index (χ4n) is 3.90. The molecular weight excluding hydrogens is 514 g/mol. The summed E-state index contributed by atoms with van der Waals surface area (Å²) in [5.74, 6) is 0.620. The number of thioether (sulfide) groups is 1. The van der Waals surface area contributed by atoms with E-state index in [1.807, 2.05) is 37.3 Å². The third-order valence-electron chi connectivity index (χ3n) is 5.75. The first-order valence-electron chi connectivity index (χ1n) is 11.2. The summed E-state index contributed by atoms with van der Waals surface area (Å²) in [4.78, 5) is 18.6. The zero-order valence-corrected chi connectivity index (χ0v) is 21.8. The predicted molar refractivity (Wildman–Crippen MR) is 144 cm³/mol. The number of alkyl halides is 2. The molecule has 0 unspecified atom stereocenters. The molecule has 0 aliphatic carbocycles. The molecule has 2 aromatic carbocycles. The van der Waals surface area contributed by atoms with Gasteiger partial charge in [0.05, 0.1) is 18.4 Å². The van der Waals surface area contributed by atoms with Crippen LogP contribution in [0.25, 0.3) is 6.08 Å². The average Bonchev–Trinajstić information content (AvgIpc) is 3.15. The topological polar surface area (TPSA) is 78.2 Å². The van der Waals surface area contributed by atoms with Gasteiger partial charge in [-0.15, -0.1) is 11.8 Å². The summed E-state index contributed by atoms with van der Waals surface area (Å²) in [6.45, 7) is 3.52. The molecule has 3 aromatic rings. The predicted octanol–water partition coefficient (Wildman–Crippen LogP) is 6.07. The van der Waals surface area contributed by atoms with Crippen LogP contribution in [-0.4, -0.2) is 23.1 Å². The molecule has 1 aliphatic heterocycles. The molecule has 1 fully saturated rings. The highest BCUT2D eigenvalue weighted by atomic mass is 32.2. The van der Waals surface area contributed by atoms with E-state index in [4.69, 9.17) is 17.0 Å². The Kier molecular flexibility index (Phi) is 7.86. The van der Waals surface area contributed by atoms with Gasteiger partial charge in [-0.25, -0.2) is 13.8 Å². The van der Waals surface area contributed by atoms with Crippen LogP contribution in [0.3, 0.4) is 0 Å². The number of rotatable bonds is 7. The highest BCUT2D eigenvalue weighted by Gasteiger charge is 2.32. The van der Waals surface area contributed by atoms with Crippen LogP contribution in [0.2, 0.25) is 0 Å². The van der Waals surface area contributed by atoms with Crippen LogP contribution in [0, 0.1) is 25.2 Å². The number of hydrogen-bond acceptors (Lipinski definition) is 6. The van der Waals surface area contributed by atoms with Crippen molar-refractivity contribution in [3.63, 3.8) is 0 Å². The van der Waals surface area contributed by atoms with E-state index in [-0.39, 0.29) is 22.2 Å². The highest BCUT2D eigenvalue weighted by Crippen LogP contribution is 2.33. The molecule has 10 heteroatoms. The molecule has 0 bridgehead atoms. The summed E-state index contributed by atoms with van der Waals surface area (Å²) in [5, 5.41) is 13.0. The van der Waals surface area contributed by atoms with Crippen LogP contribution in [0.4, 0.5) is 14.5 Å². The number of para-hydroxylation sites is 1. The molecule has 188 valence electrons. The average molecular weight is 537 g/mol. The number of carbonyl (C=O) groups excluding carboxylic acids is 1. The third-order valence-corrected chi connectivity index (χ3v) is 7.06. The zero-order valence-electron chi connectivity index (χ0n) is 20.2. The van der Waals surface area contributed by atoms with Gasteiger partial charge in [0, 0.05) is 11.3 Å². The van der Waals surface area contributed by atoms with Crippen molar-refractivity contribution in [3.05, 3.63) is 87.7 Å². The first-order chi connectivity index (χ1) is 17.7. The number of ether oxygens (including phenoxy) is 1. The number of aromatic nitrogens is 1. The summed E-state index contributed by atoms with van der Waals surface area (Å²) >= 11 is 6.59.